The quantitative estimate of drug-likeness (QED) is 0.0381. The van der Waals surface area contributed by atoms with E-state index < -0.39 is 13.9 Å². The number of hydrogen-bond donors (Lipinski definition) is 2. The molecule has 0 aromatic heterocycles. The number of esters is 1. The third kappa shape index (κ3) is 28.6. The molecular formula is C30H60NO7P. The number of rotatable bonds is 30. The Morgan fingerprint density at radius 3 is 1.87 bits per heavy atom. The van der Waals surface area contributed by atoms with E-state index in [2.05, 4.69) is 26.0 Å². The number of carbonyl (C=O) groups excluding carboxylic acids is 1. The summed E-state index contributed by atoms with van der Waals surface area (Å²) in [5.41, 5.74) is 5.29. The van der Waals surface area contributed by atoms with Crippen LogP contribution in [0.4, 0.5) is 0 Å². The molecule has 3 N–H and O–H groups in total. The maximum atomic E-state index is 12.1. The van der Waals surface area contributed by atoms with E-state index in [1.807, 2.05) is 0 Å². The second kappa shape index (κ2) is 28.8. The Bertz CT molecular complexity index is 618. The zero-order valence-corrected chi connectivity index (χ0v) is 26.0. The molecule has 0 bridgehead atoms. The summed E-state index contributed by atoms with van der Waals surface area (Å²) in [5.74, 6) is -0.357. The fourth-order valence-corrected chi connectivity index (χ4v) is 4.87. The molecule has 0 aliphatic carbocycles. The van der Waals surface area contributed by atoms with Crippen LogP contribution in [0.25, 0.3) is 0 Å². The molecule has 2 atom stereocenters. The highest BCUT2D eigenvalue weighted by molar-refractivity contribution is 7.47. The molecule has 0 fully saturated rings. The van der Waals surface area contributed by atoms with Gasteiger partial charge in [-0.2, -0.15) is 0 Å². The van der Waals surface area contributed by atoms with Crippen molar-refractivity contribution < 1.29 is 32.8 Å². The summed E-state index contributed by atoms with van der Waals surface area (Å²) in [5, 5.41) is 0. The van der Waals surface area contributed by atoms with E-state index in [-0.39, 0.29) is 32.3 Å². The number of hydrogen-bond acceptors (Lipinski definition) is 7. The Balaban J connectivity index is 3.89. The van der Waals surface area contributed by atoms with Crippen LogP contribution in [0.15, 0.2) is 12.2 Å². The third-order valence-corrected chi connectivity index (χ3v) is 7.42. The van der Waals surface area contributed by atoms with Crippen molar-refractivity contribution in [3.8, 4) is 0 Å². The van der Waals surface area contributed by atoms with Crippen molar-refractivity contribution in [1.29, 1.82) is 0 Å². The molecule has 39 heavy (non-hydrogen) atoms. The summed E-state index contributed by atoms with van der Waals surface area (Å²) >= 11 is 0. The number of nitrogens with two attached hydrogens (primary N) is 1. The molecule has 0 radical (unpaired) electrons. The lowest BCUT2D eigenvalue weighted by atomic mass is 10.1. The van der Waals surface area contributed by atoms with Crippen LogP contribution in [-0.2, 0) is 27.9 Å². The van der Waals surface area contributed by atoms with Gasteiger partial charge >= 0.3 is 13.8 Å². The maximum Gasteiger partial charge on any atom is 0.472 e. The summed E-state index contributed by atoms with van der Waals surface area (Å²) in [6, 6.07) is 0. The van der Waals surface area contributed by atoms with Gasteiger partial charge in [-0.3, -0.25) is 13.8 Å². The Hall–Kier alpha value is -0.760. The molecule has 0 aromatic rings. The van der Waals surface area contributed by atoms with Crippen molar-refractivity contribution in [1.82, 2.24) is 0 Å². The van der Waals surface area contributed by atoms with Gasteiger partial charge in [-0.1, -0.05) is 103 Å². The van der Waals surface area contributed by atoms with E-state index in [1.165, 1.54) is 83.5 Å². The van der Waals surface area contributed by atoms with E-state index in [9.17, 15) is 14.3 Å². The number of allylic oxidation sites excluding steroid dienone is 2. The molecule has 0 aromatic carbocycles. The Morgan fingerprint density at radius 1 is 0.744 bits per heavy atom. The molecule has 0 rings (SSSR count). The minimum atomic E-state index is -4.24. The average molecular weight is 578 g/mol. The Labute approximate surface area is 239 Å². The second-order valence-electron chi connectivity index (χ2n) is 10.3. The molecule has 0 amide bonds. The van der Waals surface area contributed by atoms with Crippen LogP contribution < -0.4 is 5.73 Å². The maximum absolute atomic E-state index is 12.1. The van der Waals surface area contributed by atoms with E-state index in [4.69, 9.17) is 24.3 Å². The van der Waals surface area contributed by atoms with Gasteiger partial charge in [0.15, 0.2) is 0 Å². The van der Waals surface area contributed by atoms with Crippen LogP contribution in [0, 0.1) is 0 Å². The highest BCUT2D eigenvalue weighted by Crippen LogP contribution is 2.43. The number of ether oxygens (including phenoxy) is 2. The predicted molar refractivity (Wildman–Crippen MR) is 160 cm³/mol. The first kappa shape index (κ1) is 38.2. The van der Waals surface area contributed by atoms with Gasteiger partial charge in [-0.15, -0.1) is 0 Å². The Kier molecular flexibility index (Phi) is 28.2. The van der Waals surface area contributed by atoms with Gasteiger partial charge in [0, 0.05) is 19.6 Å². The van der Waals surface area contributed by atoms with E-state index >= 15 is 0 Å². The normalized spacial score (nSPS) is 14.1. The highest BCUT2D eigenvalue weighted by atomic mass is 31.2. The summed E-state index contributed by atoms with van der Waals surface area (Å²) in [4.78, 5) is 21.8. The van der Waals surface area contributed by atoms with Gasteiger partial charge in [0.2, 0.25) is 0 Å². The van der Waals surface area contributed by atoms with Crippen LogP contribution >= 0.6 is 7.82 Å². The SMILES string of the molecule is CCCCCCCCC/C=C\CCCCCCCCOCC(COP(=O)(O)OCCN)OC(=O)CCCCC. The minimum absolute atomic E-state index is 0.0955. The van der Waals surface area contributed by atoms with Crippen molar-refractivity contribution in [2.45, 2.75) is 142 Å². The average Bonchev–Trinajstić information content (AvgIpc) is 2.92. The van der Waals surface area contributed by atoms with Crippen LogP contribution in [0.1, 0.15) is 136 Å². The van der Waals surface area contributed by atoms with Gasteiger partial charge in [0.1, 0.15) is 6.10 Å². The largest absolute Gasteiger partial charge is 0.472 e. The smallest absolute Gasteiger partial charge is 0.457 e. The van der Waals surface area contributed by atoms with E-state index in [1.54, 1.807) is 0 Å². The van der Waals surface area contributed by atoms with Crippen molar-refractivity contribution in [2.75, 3.05) is 33.0 Å². The summed E-state index contributed by atoms with van der Waals surface area (Å²) in [6.45, 7) is 4.72. The van der Waals surface area contributed by atoms with Gasteiger partial charge in [0.25, 0.3) is 0 Å². The highest BCUT2D eigenvalue weighted by Gasteiger charge is 2.25. The van der Waals surface area contributed by atoms with Crippen molar-refractivity contribution >= 4 is 13.8 Å². The van der Waals surface area contributed by atoms with Crippen molar-refractivity contribution in [3.05, 3.63) is 12.2 Å². The first-order valence-corrected chi connectivity index (χ1v) is 17.2. The van der Waals surface area contributed by atoms with Gasteiger partial charge < -0.3 is 20.1 Å². The second-order valence-corrected chi connectivity index (χ2v) is 11.8. The van der Waals surface area contributed by atoms with E-state index in [0.29, 0.717) is 13.0 Å². The molecule has 0 saturated carbocycles. The molecule has 2 unspecified atom stereocenters. The van der Waals surface area contributed by atoms with Crippen molar-refractivity contribution in [2.24, 2.45) is 5.73 Å². The Morgan fingerprint density at radius 2 is 1.28 bits per heavy atom. The molecule has 0 saturated heterocycles. The predicted octanol–water partition coefficient (Wildman–Crippen LogP) is 8.02. The lowest BCUT2D eigenvalue weighted by molar-refractivity contribution is -0.154. The molecule has 8 nitrogen and oxygen atoms in total. The summed E-state index contributed by atoms with van der Waals surface area (Å²) in [7, 11) is -4.24. The molecule has 232 valence electrons. The molecule has 0 aliphatic heterocycles. The summed E-state index contributed by atoms with van der Waals surface area (Å²) in [6.07, 6.45) is 25.8. The van der Waals surface area contributed by atoms with E-state index in [0.717, 1.165) is 32.1 Å². The molecule has 0 heterocycles. The van der Waals surface area contributed by atoms with Gasteiger partial charge in [-0.25, -0.2) is 4.57 Å². The topological polar surface area (TPSA) is 117 Å². The molecule has 0 aliphatic rings. The fourth-order valence-electron chi connectivity index (χ4n) is 4.11. The van der Waals surface area contributed by atoms with Crippen LogP contribution in [0.3, 0.4) is 0 Å². The first-order valence-electron chi connectivity index (χ1n) is 15.7. The monoisotopic (exact) mass is 577 g/mol. The van der Waals surface area contributed by atoms with Crippen molar-refractivity contribution in [3.63, 3.8) is 0 Å². The zero-order valence-electron chi connectivity index (χ0n) is 25.1. The zero-order chi connectivity index (χ0) is 28.9. The lowest BCUT2D eigenvalue weighted by Gasteiger charge is -2.20. The fraction of sp³-hybridized carbons (Fsp3) is 0.900. The first-order chi connectivity index (χ1) is 18.9. The molecular weight excluding hydrogens is 517 g/mol. The standard InChI is InChI=1S/C30H60NO7P/c1-3-5-7-8-9-10-11-12-13-14-15-16-17-18-19-20-22-25-35-27-29(38-30(32)23-21-6-4-2)28-37-39(33,34)36-26-24-31/h13-14,29H,3-12,15-28,31H2,1-2H3,(H,33,34)/b14-13-. The van der Waals surface area contributed by atoms with Crippen LogP contribution in [0.5, 0.6) is 0 Å². The summed E-state index contributed by atoms with van der Waals surface area (Å²) < 4.78 is 32.7. The van der Waals surface area contributed by atoms with Crippen LogP contribution in [-0.4, -0.2) is 49.9 Å². The minimum Gasteiger partial charge on any atom is -0.457 e. The molecule has 0 spiro atoms. The number of carbonyl (C=O) groups is 1. The van der Waals surface area contributed by atoms with Gasteiger partial charge in [0.05, 0.1) is 19.8 Å². The lowest BCUT2D eigenvalue weighted by Crippen LogP contribution is -2.28. The number of unbranched alkanes of at least 4 members (excludes halogenated alkanes) is 15. The number of phosphoric acid groups is 1. The number of phosphoric ester groups is 1. The van der Waals surface area contributed by atoms with Gasteiger partial charge in [-0.05, 0) is 38.5 Å². The van der Waals surface area contributed by atoms with Crippen LogP contribution in [0.2, 0.25) is 0 Å². The third-order valence-electron chi connectivity index (χ3n) is 6.43. The molecule has 9 heteroatoms.